The van der Waals surface area contributed by atoms with E-state index in [9.17, 15) is 0 Å². The van der Waals surface area contributed by atoms with Gasteiger partial charge in [-0.3, -0.25) is 0 Å². The summed E-state index contributed by atoms with van der Waals surface area (Å²) in [5, 5.41) is 0. The fourth-order valence-corrected chi connectivity index (χ4v) is 3.05. The van der Waals surface area contributed by atoms with Crippen LogP contribution in [0.2, 0.25) is 0 Å². The maximum atomic E-state index is 6.40. The number of hydrogen-bond acceptors (Lipinski definition) is 2. The Morgan fingerprint density at radius 1 is 1.11 bits per heavy atom. The van der Waals surface area contributed by atoms with E-state index in [0.29, 0.717) is 0 Å². The Labute approximate surface area is 118 Å². The first kappa shape index (κ1) is 16.2. The van der Waals surface area contributed by atoms with Crippen LogP contribution in [0.3, 0.4) is 0 Å². The van der Waals surface area contributed by atoms with Gasteiger partial charge in [-0.05, 0) is 49.3 Å². The molecule has 1 aromatic rings. The summed E-state index contributed by atoms with van der Waals surface area (Å²) in [6, 6.07) is 4.48. The number of ether oxygens (including phenoxy) is 1. The summed E-state index contributed by atoms with van der Waals surface area (Å²) in [7, 11) is 1.75. The average molecular weight is 263 g/mol. The summed E-state index contributed by atoms with van der Waals surface area (Å²) in [5.74, 6) is 0. The molecule has 0 amide bonds. The Hall–Kier alpha value is -0.860. The summed E-state index contributed by atoms with van der Waals surface area (Å²) in [6.07, 6.45) is 0.931. The highest BCUT2D eigenvalue weighted by Gasteiger charge is 2.30. The van der Waals surface area contributed by atoms with Gasteiger partial charge in [0, 0.05) is 13.2 Å². The Morgan fingerprint density at radius 2 is 1.58 bits per heavy atom. The maximum absolute atomic E-state index is 6.40. The zero-order valence-electron chi connectivity index (χ0n) is 13.5. The molecule has 108 valence electrons. The van der Waals surface area contributed by atoms with E-state index in [1.165, 1.54) is 22.3 Å². The second-order valence-corrected chi connectivity index (χ2v) is 6.77. The lowest BCUT2D eigenvalue weighted by Crippen LogP contribution is -2.46. The maximum Gasteiger partial charge on any atom is 0.0773 e. The summed E-state index contributed by atoms with van der Waals surface area (Å²) in [6.45, 7) is 13.0. The predicted octanol–water partition coefficient (Wildman–Crippen LogP) is 3.54. The van der Waals surface area contributed by atoms with Gasteiger partial charge in [0.15, 0.2) is 0 Å². The van der Waals surface area contributed by atoms with Gasteiger partial charge in [-0.25, -0.2) is 0 Å². The largest absolute Gasteiger partial charge is 0.379 e. The highest BCUT2D eigenvalue weighted by molar-refractivity contribution is 5.38. The monoisotopic (exact) mass is 263 g/mol. The molecule has 2 nitrogen and oxygen atoms in total. The van der Waals surface area contributed by atoms with Crippen LogP contribution in [0, 0.1) is 26.2 Å². The molecule has 0 heterocycles. The molecule has 0 aliphatic rings. The molecule has 0 aromatic heterocycles. The molecule has 0 radical (unpaired) electrons. The SMILES string of the molecule is COC(C(N)Cc1c(C)cc(C)cc1C)C(C)(C)C. The van der Waals surface area contributed by atoms with Crippen LogP contribution in [0.15, 0.2) is 12.1 Å². The van der Waals surface area contributed by atoms with E-state index in [1.807, 2.05) is 0 Å². The van der Waals surface area contributed by atoms with E-state index >= 15 is 0 Å². The topological polar surface area (TPSA) is 35.2 Å². The summed E-state index contributed by atoms with van der Waals surface area (Å²) < 4.78 is 5.63. The zero-order chi connectivity index (χ0) is 14.8. The highest BCUT2D eigenvalue weighted by atomic mass is 16.5. The van der Waals surface area contributed by atoms with Gasteiger partial charge in [0.1, 0.15) is 0 Å². The van der Waals surface area contributed by atoms with Gasteiger partial charge in [-0.2, -0.15) is 0 Å². The van der Waals surface area contributed by atoms with Gasteiger partial charge in [-0.1, -0.05) is 38.5 Å². The fourth-order valence-electron chi connectivity index (χ4n) is 3.05. The van der Waals surface area contributed by atoms with Crippen LogP contribution in [0.1, 0.15) is 43.0 Å². The molecular weight excluding hydrogens is 234 g/mol. The average Bonchev–Trinajstić information content (AvgIpc) is 2.22. The van der Waals surface area contributed by atoms with Gasteiger partial charge >= 0.3 is 0 Å². The molecule has 0 saturated carbocycles. The fraction of sp³-hybridized carbons (Fsp3) is 0.647. The number of aryl methyl sites for hydroxylation is 3. The molecule has 2 unspecified atom stereocenters. The molecule has 2 N–H and O–H groups in total. The van der Waals surface area contributed by atoms with Crippen LogP contribution in [-0.4, -0.2) is 19.3 Å². The number of rotatable bonds is 4. The summed E-state index contributed by atoms with van der Waals surface area (Å²) >= 11 is 0. The van der Waals surface area contributed by atoms with E-state index in [0.717, 1.165) is 6.42 Å². The van der Waals surface area contributed by atoms with Crippen LogP contribution in [0.25, 0.3) is 0 Å². The predicted molar refractivity (Wildman–Crippen MR) is 82.6 cm³/mol. The lowest BCUT2D eigenvalue weighted by atomic mass is 9.81. The van der Waals surface area contributed by atoms with Crippen molar-refractivity contribution in [3.63, 3.8) is 0 Å². The standard InChI is InChI=1S/C17H29NO/c1-11-8-12(2)14(13(3)9-11)10-15(18)16(19-7)17(4,5)6/h8-9,15-16H,10,18H2,1-7H3. The summed E-state index contributed by atoms with van der Waals surface area (Å²) in [4.78, 5) is 0. The quantitative estimate of drug-likeness (QED) is 0.901. The highest BCUT2D eigenvalue weighted by Crippen LogP contribution is 2.27. The molecule has 0 aliphatic heterocycles. The third-order valence-electron chi connectivity index (χ3n) is 3.78. The van der Waals surface area contributed by atoms with E-state index < -0.39 is 0 Å². The van der Waals surface area contributed by atoms with E-state index in [4.69, 9.17) is 10.5 Å². The Bertz CT molecular complexity index is 408. The minimum absolute atomic E-state index is 0.0186. The van der Waals surface area contributed by atoms with Crippen molar-refractivity contribution in [1.82, 2.24) is 0 Å². The smallest absolute Gasteiger partial charge is 0.0773 e. The van der Waals surface area contributed by atoms with Crippen molar-refractivity contribution >= 4 is 0 Å². The minimum atomic E-state index is 0.0186. The first-order valence-corrected chi connectivity index (χ1v) is 7.02. The van der Waals surface area contributed by atoms with Crippen LogP contribution < -0.4 is 5.73 Å². The molecule has 2 atom stereocenters. The lowest BCUT2D eigenvalue weighted by Gasteiger charge is -2.34. The summed E-state index contributed by atoms with van der Waals surface area (Å²) in [5.41, 5.74) is 11.8. The van der Waals surface area contributed by atoms with E-state index in [2.05, 4.69) is 53.7 Å². The van der Waals surface area contributed by atoms with Gasteiger partial charge in [0.25, 0.3) is 0 Å². The second kappa shape index (κ2) is 6.06. The second-order valence-electron chi connectivity index (χ2n) is 6.77. The Balaban J connectivity index is 2.96. The molecule has 1 aromatic carbocycles. The van der Waals surface area contributed by atoms with Crippen molar-refractivity contribution in [2.45, 2.75) is 60.1 Å². The lowest BCUT2D eigenvalue weighted by molar-refractivity contribution is -0.00171. The molecular formula is C17H29NO. The first-order valence-electron chi connectivity index (χ1n) is 7.02. The van der Waals surface area contributed by atoms with Crippen molar-refractivity contribution in [2.75, 3.05) is 7.11 Å². The number of nitrogens with two attached hydrogens (primary N) is 1. The molecule has 2 heteroatoms. The molecule has 0 fully saturated rings. The molecule has 0 bridgehead atoms. The van der Waals surface area contributed by atoms with Crippen molar-refractivity contribution in [2.24, 2.45) is 11.1 Å². The first-order chi connectivity index (χ1) is 8.66. The number of hydrogen-bond donors (Lipinski definition) is 1. The van der Waals surface area contributed by atoms with E-state index in [-0.39, 0.29) is 17.6 Å². The normalized spacial score (nSPS) is 15.4. The van der Waals surface area contributed by atoms with Gasteiger partial charge in [0.2, 0.25) is 0 Å². The Morgan fingerprint density at radius 3 is 1.95 bits per heavy atom. The number of methoxy groups -OCH3 is 1. The third kappa shape index (κ3) is 4.05. The Kier molecular flexibility index (Phi) is 5.17. The van der Waals surface area contributed by atoms with Gasteiger partial charge < -0.3 is 10.5 Å². The molecule has 19 heavy (non-hydrogen) atoms. The van der Waals surface area contributed by atoms with Crippen molar-refractivity contribution in [1.29, 1.82) is 0 Å². The van der Waals surface area contributed by atoms with Crippen LogP contribution in [-0.2, 0) is 11.2 Å². The molecule has 1 rings (SSSR count). The van der Waals surface area contributed by atoms with Crippen LogP contribution in [0.5, 0.6) is 0 Å². The zero-order valence-corrected chi connectivity index (χ0v) is 13.5. The third-order valence-corrected chi connectivity index (χ3v) is 3.78. The van der Waals surface area contributed by atoms with Gasteiger partial charge in [-0.15, -0.1) is 0 Å². The van der Waals surface area contributed by atoms with Crippen LogP contribution >= 0.6 is 0 Å². The molecule has 0 saturated heterocycles. The van der Waals surface area contributed by atoms with Gasteiger partial charge in [0.05, 0.1) is 6.10 Å². The molecule has 0 spiro atoms. The molecule has 0 aliphatic carbocycles. The van der Waals surface area contributed by atoms with Crippen LogP contribution in [0.4, 0.5) is 0 Å². The van der Waals surface area contributed by atoms with E-state index in [1.54, 1.807) is 7.11 Å². The van der Waals surface area contributed by atoms with Crippen molar-refractivity contribution in [3.05, 3.63) is 34.4 Å². The van der Waals surface area contributed by atoms with Crippen molar-refractivity contribution < 1.29 is 4.74 Å². The number of benzene rings is 1. The van der Waals surface area contributed by atoms with Crippen molar-refractivity contribution in [3.8, 4) is 0 Å². The minimum Gasteiger partial charge on any atom is -0.379 e.